The van der Waals surface area contributed by atoms with Gasteiger partial charge >= 0.3 is 0 Å². The summed E-state index contributed by atoms with van der Waals surface area (Å²) in [7, 11) is -1.73. The Bertz CT molecular complexity index is 50.1. The van der Waals surface area contributed by atoms with Gasteiger partial charge < -0.3 is 4.80 Å². The standard InChI is InChI=1S/C4H12OSSi/c1-7(2,5)4-3-6/h5-6H,3-4H2,1-2H3. The summed E-state index contributed by atoms with van der Waals surface area (Å²) in [5, 5.41) is 0. The van der Waals surface area contributed by atoms with E-state index in [1.807, 2.05) is 13.1 Å². The van der Waals surface area contributed by atoms with Crippen LogP contribution in [0.4, 0.5) is 0 Å². The predicted molar refractivity (Wildman–Crippen MR) is 38.4 cm³/mol. The van der Waals surface area contributed by atoms with Gasteiger partial charge in [0.15, 0.2) is 8.32 Å². The van der Waals surface area contributed by atoms with Crippen LogP contribution >= 0.6 is 12.6 Å². The van der Waals surface area contributed by atoms with E-state index in [-0.39, 0.29) is 0 Å². The highest BCUT2D eigenvalue weighted by Gasteiger charge is 2.13. The lowest BCUT2D eigenvalue weighted by Crippen LogP contribution is -2.24. The van der Waals surface area contributed by atoms with Gasteiger partial charge in [-0.1, -0.05) is 0 Å². The van der Waals surface area contributed by atoms with Crippen molar-refractivity contribution in [2.45, 2.75) is 19.1 Å². The number of hydrogen-bond acceptors (Lipinski definition) is 2. The van der Waals surface area contributed by atoms with Crippen LogP contribution in [0.1, 0.15) is 0 Å². The summed E-state index contributed by atoms with van der Waals surface area (Å²) < 4.78 is 0. The van der Waals surface area contributed by atoms with Crippen molar-refractivity contribution in [1.82, 2.24) is 0 Å². The minimum atomic E-state index is -1.73. The van der Waals surface area contributed by atoms with Crippen molar-refractivity contribution < 1.29 is 4.80 Å². The second kappa shape index (κ2) is 2.74. The molecule has 0 radical (unpaired) electrons. The summed E-state index contributed by atoms with van der Waals surface area (Å²) >= 11 is 3.99. The highest BCUT2D eigenvalue weighted by Crippen LogP contribution is 2.03. The van der Waals surface area contributed by atoms with Gasteiger partial charge in [-0.25, -0.2) is 0 Å². The summed E-state index contributed by atoms with van der Waals surface area (Å²) in [6.07, 6.45) is 0. The van der Waals surface area contributed by atoms with Crippen LogP contribution in [0.15, 0.2) is 0 Å². The van der Waals surface area contributed by atoms with Gasteiger partial charge in [0, 0.05) is 0 Å². The van der Waals surface area contributed by atoms with Crippen molar-refractivity contribution >= 4 is 20.9 Å². The van der Waals surface area contributed by atoms with E-state index in [9.17, 15) is 0 Å². The smallest absolute Gasteiger partial charge is 0.183 e. The Morgan fingerprint density at radius 3 is 2.00 bits per heavy atom. The first kappa shape index (κ1) is 7.53. The van der Waals surface area contributed by atoms with E-state index in [0.29, 0.717) is 0 Å². The normalized spacial score (nSPS) is 12.0. The Morgan fingerprint density at radius 1 is 1.57 bits per heavy atom. The van der Waals surface area contributed by atoms with Crippen molar-refractivity contribution in [3.05, 3.63) is 0 Å². The second-order valence-electron chi connectivity index (χ2n) is 2.29. The third-order valence-electron chi connectivity index (χ3n) is 0.724. The van der Waals surface area contributed by atoms with Gasteiger partial charge in [0.05, 0.1) is 0 Å². The highest BCUT2D eigenvalue weighted by molar-refractivity contribution is 7.80. The van der Waals surface area contributed by atoms with Crippen LogP contribution in [-0.4, -0.2) is 18.9 Å². The predicted octanol–water partition coefficient (Wildman–Crippen LogP) is 1.11. The first-order chi connectivity index (χ1) is 3.06. The second-order valence-corrected chi connectivity index (χ2v) is 6.86. The molecule has 0 amide bonds. The molecular formula is C4H12OSSi. The summed E-state index contributed by atoms with van der Waals surface area (Å²) in [6.45, 7) is 3.84. The molecule has 0 saturated carbocycles. The molecule has 0 heterocycles. The van der Waals surface area contributed by atoms with Crippen LogP contribution in [0, 0.1) is 0 Å². The van der Waals surface area contributed by atoms with E-state index in [1.165, 1.54) is 0 Å². The minimum Gasteiger partial charge on any atom is -0.432 e. The molecule has 0 aliphatic rings. The molecule has 0 spiro atoms. The first-order valence-electron chi connectivity index (χ1n) is 2.39. The van der Waals surface area contributed by atoms with Crippen molar-refractivity contribution in [2.75, 3.05) is 5.75 Å². The lowest BCUT2D eigenvalue weighted by molar-refractivity contribution is 0.552. The lowest BCUT2D eigenvalue weighted by Gasteiger charge is -2.09. The first-order valence-corrected chi connectivity index (χ1v) is 6.18. The minimum absolute atomic E-state index is 0.815. The van der Waals surface area contributed by atoms with Crippen LogP contribution < -0.4 is 0 Å². The molecule has 0 rings (SSSR count). The molecule has 0 fully saturated rings. The average molecular weight is 136 g/mol. The Morgan fingerprint density at radius 2 is 2.00 bits per heavy atom. The Labute approximate surface area is 51.3 Å². The zero-order valence-electron chi connectivity index (χ0n) is 4.81. The van der Waals surface area contributed by atoms with E-state index in [4.69, 9.17) is 4.80 Å². The SMILES string of the molecule is C[Si](C)(O)CCS. The Kier molecular flexibility index (Phi) is 2.95. The molecule has 0 aliphatic heterocycles. The average Bonchev–Trinajstić information content (AvgIpc) is 1.30. The van der Waals surface area contributed by atoms with Gasteiger partial charge in [-0.05, 0) is 24.9 Å². The lowest BCUT2D eigenvalue weighted by atomic mass is 11.0. The largest absolute Gasteiger partial charge is 0.432 e. The van der Waals surface area contributed by atoms with E-state index < -0.39 is 8.32 Å². The maximum absolute atomic E-state index is 9.11. The van der Waals surface area contributed by atoms with Gasteiger partial charge in [0.1, 0.15) is 0 Å². The molecule has 0 saturated heterocycles. The maximum atomic E-state index is 9.11. The topological polar surface area (TPSA) is 20.2 Å². The summed E-state index contributed by atoms with van der Waals surface area (Å²) in [5.41, 5.74) is 0. The Balaban J connectivity index is 3.15. The molecule has 0 aromatic carbocycles. The van der Waals surface area contributed by atoms with Crippen LogP contribution in [0.25, 0.3) is 0 Å². The van der Waals surface area contributed by atoms with Crippen LogP contribution in [-0.2, 0) is 0 Å². The third kappa shape index (κ3) is 6.53. The molecule has 44 valence electrons. The van der Waals surface area contributed by atoms with Crippen LogP contribution in [0.5, 0.6) is 0 Å². The molecule has 0 aromatic heterocycles. The fraction of sp³-hybridized carbons (Fsp3) is 1.00. The van der Waals surface area contributed by atoms with Crippen molar-refractivity contribution in [2.24, 2.45) is 0 Å². The van der Waals surface area contributed by atoms with Crippen molar-refractivity contribution in [1.29, 1.82) is 0 Å². The van der Waals surface area contributed by atoms with E-state index in [0.717, 1.165) is 11.8 Å². The van der Waals surface area contributed by atoms with Gasteiger partial charge in [0.25, 0.3) is 0 Å². The Hall–Kier alpha value is 0.527. The number of hydrogen-bond donors (Lipinski definition) is 2. The number of thiol groups is 1. The summed E-state index contributed by atoms with van der Waals surface area (Å²) in [6, 6.07) is 0.899. The molecular weight excluding hydrogens is 124 g/mol. The highest BCUT2D eigenvalue weighted by atomic mass is 32.1. The quantitative estimate of drug-likeness (QED) is 0.430. The van der Waals surface area contributed by atoms with E-state index in [1.54, 1.807) is 0 Å². The van der Waals surface area contributed by atoms with E-state index >= 15 is 0 Å². The number of rotatable bonds is 2. The van der Waals surface area contributed by atoms with Gasteiger partial charge in [-0.3, -0.25) is 0 Å². The summed E-state index contributed by atoms with van der Waals surface area (Å²) in [4.78, 5) is 9.11. The monoisotopic (exact) mass is 136 g/mol. The zero-order valence-corrected chi connectivity index (χ0v) is 6.70. The molecule has 0 unspecified atom stereocenters. The molecule has 7 heavy (non-hydrogen) atoms. The maximum Gasteiger partial charge on any atom is 0.183 e. The fourth-order valence-corrected chi connectivity index (χ4v) is 2.46. The zero-order chi connectivity index (χ0) is 5.91. The van der Waals surface area contributed by atoms with Gasteiger partial charge in [-0.2, -0.15) is 12.6 Å². The van der Waals surface area contributed by atoms with Crippen molar-refractivity contribution in [3.8, 4) is 0 Å². The molecule has 3 heteroatoms. The van der Waals surface area contributed by atoms with Gasteiger partial charge in [0.2, 0.25) is 0 Å². The molecule has 1 N–H and O–H groups in total. The van der Waals surface area contributed by atoms with Crippen molar-refractivity contribution in [3.63, 3.8) is 0 Å². The molecule has 0 aromatic rings. The molecule has 0 bridgehead atoms. The molecule has 0 aliphatic carbocycles. The third-order valence-corrected chi connectivity index (χ3v) is 2.84. The fourth-order valence-electron chi connectivity index (χ4n) is 0.274. The summed E-state index contributed by atoms with van der Waals surface area (Å²) in [5.74, 6) is 0.815. The van der Waals surface area contributed by atoms with Gasteiger partial charge in [-0.15, -0.1) is 0 Å². The van der Waals surface area contributed by atoms with E-state index in [2.05, 4.69) is 12.6 Å². The molecule has 1 nitrogen and oxygen atoms in total. The van der Waals surface area contributed by atoms with Crippen LogP contribution in [0.2, 0.25) is 19.1 Å². The molecule has 0 atom stereocenters. The van der Waals surface area contributed by atoms with Crippen LogP contribution in [0.3, 0.4) is 0 Å².